The number of anilines is 1. The Hall–Kier alpha value is -1.81. The minimum absolute atomic E-state index is 0.877. The molecule has 18 heavy (non-hydrogen) atoms. The molecule has 0 aliphatic carbocycles. The average Bonchev–Trinajstić information content (AvgIpc) is 2.89. The minimum atomic E-state index is 0.877. The van der Waals surface area contributed by atoms with Gasteiger partial charge in [0.15, 0.2) is 0 Å². The Morgan fingerprint density at radius 3 is 2.50 bits per heavy atom. The van der Waals surface area contributed by atoms with E-state index in [2.05, 4.69) is 58.1 Å². The first kappa shape index (κ1) is 12.6. The Morgan fingerprint density at radius 1 is 1.11 bits per heavy atom. The second-order valence-electron chi connectivity index (χ2n) is 4.62. The third-order valence-corrected chi connectivity index (χ3v) is 2.82. The van der Waals surface area contributed by atoms with Gasteiger partial charge in [-0.1, -0.05) is 30.3 Å². The summed E-state index contributed by atoms with van der Waals surface area (Å²) < 4.78 is 0. The average molecular weight is 244 g/mol. The molecule has 0 aliphatic heterocycles. The molecular formula is C14H20N4. The fourth-order valence-corrected chi connectivity index (χ4v) is 1.81. The number of hydrogen-bond acceptors (Lipinski definition) is 3. The van der Waals surface area contributed by atoms with Gasteiger partial charge in [0.2, 0.25) is 5.95 Å². The summed E-state index contributed by atoms with van der Waals surface area (Å²) in [7, 11) is 4.17. The van der Waals surface area contributed by atoms with Crippen LogP contribution in [0.25, 0.3) is 0 Å². The predicted molar refractivity (Wildman–Crippen MR) is 74.6 cm³/mol. The first-order valence-electron chi connectivity index (χ1n) is 6.18. The number of aromatic nitrogens is 2. The standard InChI is InChI=1S/C14H20N4/c1-17(2)10-11-18(14-15-8-9-16-14)12-13-6-4-3-5-7-13/h3-9H,10-12H2,1-2H3,(H,15,16). The lowest BCUT2D eigenvalue weighted by Crippen LogP contribution is -2.32. The molecule has 2 aromatic rings. The Kier molecular flexibility index (Phi) is 4.36. The van der Waals surface area contributed by atoms with Gasteiger partial charge in [0.05, 0.1) is 0 Å². The fraction of sp³-hybridized carbons (Fsp3) is 0.357. The van der Waals surface area contributed by atoms with Crippen LogP contribution in [0.3, 0.4) is 0 Å². The quantitative estimate of drug-likeness (QED) is 0.844. The van der Waals surface area contributed by atoms with Crippen LogP contribution in [0.4, 0.5) is 5.95 Å². The Morgan fingerprint density at radius 2 is 1.89 bits per heavy atom. The summed E-state index contributed by atoms with van der Waals surface area (Å²) >= 11 is 0. The summed E-state index contributed by atoms with van der Waals surface area (Å²) in [5.74, 6) is 0.931. The van der Waals surface area contributed by atoms with Gasteiger partial charge in [-0.05, 0) is 19.7 Å². The van der Waals surface area contributed by atoms with Gasteiger partial charge in [-0.2, -0.15) is 0 Å². The maximum Gasteiger partial charge on any atom is 0.203 e. The number of imidazole rings is 1. The van der Waals surface area contributed by atoms with Gasteiger partial charge in [0.25, 0.3) is 0 Å². The van der Waals surface area contributed by atoms with Crippen molar-refractivity contribution in [1.29, 1.82) is 0 Å². The van der Waals surface area contributed by atoms with Crippen molar-refractivity contribution in [3.63, 3.8) is 0 Å². The van der Waals surface area contributed by atoms with E-state index in [4.69, 9.17) is 0 Å². The normalized spacial score (nSPS) is 10.8. The van der Waals surface area contributed by atoms with Gasteiger partial charge in [-0.15, -0.1) is 0 Å². The van der Waals surface area contributed by atoms with Crippen LogP contribution < -0.4 is 4.90 Å². The van der Waals surface area contributed by atoms with E-state index >= 15 is 0 Å². The predicted octanol–water partition coefficient (Wildman–Crippen LogP) is 1.98. The summed E-state index contributed by atoms with van der Waals surface area (Å²) in [6, 6.07) is 10.5. The van der Waals surface area contributed by atoms with Crippen molar-refractivity contribution >= 4 is 5.95 Å². The minimum Gasteiger partial charge on any atom is -0.337 e. The van der Waals surface area contributed by atoms with E-state index in [0.717, 1.165) is 25.6 Å². The van der Waals surface area contributed by atoms with Crippen molar-refractivity contribution in [3.05, 3.63) is 48.3 Å². The van der Waals surface area contributed by atoms with Crippen molar-refractivity contribution in [2.45, 2.75) is 6.54 Å². The summed E-state index contributed by atoms with van der Waals surface area (Å²) in [5, 5.41) is 0. The van der Waals surface area contributed by atoms with Gasteiger partial charge in [-0.3, -0.25) is 0 Å². The number of hydrogen-bond donors (Lipinski definition) is 1. The monoisotopic (exact) mass is 244 g/mol. The van der Waals surface area contributed by atoms with Crippen LogP contribution in [0, 0.1) is 0 Å². The molecule has 0 atom stereocenters. The zero-order chi connectivity index (χ0) is 12.8. The lowest BCUT2D eigenvalue weighted by atomic mass is 10.2. The highest BCUT2D eigenvalue weighted by molar-refractivity contribution is 5.31. The molecule has 0 saturated carbocycles. The number of benzene rings is 1. The molecule has 2 rings (SSSR count). The molecule has 0 aliphatic rings. The fourth-order valence-electron chi connectivity index (χ4n) is 1.81. The van der Waals surface area contributed by atoms with E-state index in [9.17, 15) is 0 Å². The highest BCUT2D eigenvalue weighted by Crippen LogP contribution is 2.11. The number of rotatable bonds is 6. The van der Waals surface area contributed by atoms with Gasteiger partial charge >= 0.3 is 0 Å². The van der Waals surface area contributed by atoms with E-state index in [1.54, 1.807) is 6.20 Å². The molecule has 0 spiro atoms. The highest BCUT2D eigenvalue weighted by atomic mass is 15.3. The molecule has 1 N–H and O–H groups in total. The molecule has 0 unspecified atom stereocenters. The number of aromatic amines is 1. The van der Waals surface area contributed by atoms with Crippen LogP contribution >= 0.6 is 0 Å². The smallest absolute Gasteiger partial charge is 0.203 e. The Labute approximate surface area is 108 Å². The molecule has 0 fully saturated rings. The van der Waals surface area contributed by atoms with E-state index in [1.807, 2.05) is 12.3 Å². The van der Waals surface area contributed by atoms with Gasteiger partial charge < -0.3 is 14.8 Å². The van der Waals surface area contributed by atoms with Crippen LogP contribution in [-0.4, -0.2) is 42.1 Å². The van der Waals surface area contributed by atoms with Crippen molar-refractivity contribution < 1.29 is 0 Å². The second-order valence-corrected chi connectivity index (χ2v) is 4.62. The topological polar surface area (TPSA) is 35.2 Å². The van der Waals surface area contributed by atoms with E-state index in [-0.39, 0.29) is 0 Å². The van der Waals surface area contributed by atoms with Crippen molar-refractivity contribution in [2.75, 3.05) is 32.1 Å². The third kappa shape index (κ3) is 3.60. The lowest BCUT2D eigenvalue weighted by molar-refractivity contribution is 0.411. The van der Waals surface area contributed by atoms with E-state index in [1.165, 1.54) is 5.56 Å². The molecule has 4 heteroatoms. The van der Waals surface area contributed by atoms with Crippen LogP contribution in [0.1, 0.15) is 5.56 Å². The van der Waals surface area contributed by atoms with Crippen LogP contribution in [0.2, 0.25) is 0 Å². The van der Waals surface area contributed by atoms with E-state index < -0.39 is 0 Å². The Bertz CT molecular complexity index is 436. The maximum absolute atomic E-state index is 4.34. The molecule has 1 aromatic heterocycles. The van der Waals surface area contributed by atoms with Crippen LogP contribution in [0.15, 0.2) is 42.7 Å². The second kappa shape index (κ2) is 6.21. The first-order chi connectivity index (χ1) is 8.75. The van der Waals surface area contributed by atoms with Gasteiger partial charge in [0, 0.05) is 32.0 Å². The highest BCUT2D eigenvalue weighted by Gasteiger charge is 2.09. The molecule has 0 amide bonds. The van der Waals surface area contributed by atoms with Gasteiger partial charge in [-0.25, -0.2) is 4.98 Å². The summed E-state index contributed by atoms with van der Waals surface area (Å²) in [6.45, 7) is 2.84. The number of nitrogens with one attached hydrogen (secondary N) is 1. The van der Waals surface area contributed by atoms with Crippen molar-refractivity contribution in [1.82, 2.24) is 14.9 Å². The summed E-state index contributed by atoms with van der Waals surface area (Å²) in [4.78, 5) is 12.0. The summed E-state index contributed by atoms with van der Waals surface area (Å²) in [5.41, 5.74) is 1.30. The maximum atomic E-state index is 4.34. The lowest BCUT2D eigenvalue weighted by Gasteiger charge is -2.23. The molecule has 4 nitrogen and oxygen atoms in total. The molecule has 0 saturated heterocycles. The molecule has 0 bridgehead atoms. The molecule has 1 heterocycles. The first-order valence-corrected chi connectivity index (χ1v) is 6.18. The SMILES string of the molecule is CN(C)CCN(Cc1ccccc1)c1ncc[nH]1. The number of nitrogens with zero attached hydrogens (tertiary/aromatic N) is 3. The molecular weight excluding hydrogens is 224 g/mol. The molecule has 1 aromatic carbocycles. The van der Waals surface area contributed by atoms with Gasteiger partial charge in [0.1, 0.15) is 0 Å². The van der Waals surface area contributed by atoms with Crippen molar-refractivity contribution in [3.8, 4) is 0 Å². The molecule has 0 radical (unpaired) electrons. The van der Waals surface area contributed by atoms with Crippen LogP contribution in [-0.2, 0) is 6.54 Å². The largest absolute Gasteiger partial charge is 0.337 e. The third-order valence-electron chi connectivity index (χ3n) is 2.82. The number of likely N-dealkylation sites (N-methyl/N-ethyl adjacent to an activating group) is 1. The summed E-state index contributed by atoms with van der Waals surface area (Å²) in [6.07, 6.45) is 3.66. The van der Waals surface area contributed by atoms with Crippen LogP contribution in [0.5, 0.6) is 0 Å². The molecule has 96 valence electrons. The zero-order valence-corrected chi connectivity index (χ0v) is 11.0. The Balaban J connectivity index is 2.05. The zero-order valence-electron chi connectivity index (χ0n) is 11.0. The van der Waals surface area contributed by atoms with E-state index in [0.29, 0.717) is 0 Å². The number of H-pyrrole nitrogens is 1. The van der Waals surface area contributed by atoms with Crippen molar-refractivity contribution in [2.24, 2.45) is 0 Å².